The fourth-order valence-corrected chi connectivity index (χ4v) is 8.49. The van der Waals surface area contributed by atoms with Crippen molar-refractivity contribution in [2.75, 3.05) is 70.3 Å². The van der Waals surface area contributed by atoms with E-state index in [4.69, 9.17) is 27.9 Å². The molecule has 6 aromatic rings. The number of aryl methyl sites for hydroxylation is 1. The number of anilines is 8. The molecule has 2 saturated heterocycles. The summed E-state index contributed by atoms with van der Waals surface area (Å²) in [6.07, 6.45) is -0.366. The Hall–Kier alpha value is -6.87. The first-order valence-corrected chi connectivity index (χ1v) is 23.3. The van der Waals surface area contributed by atoms with E-state index in [1.54, 1.807) is 43.3 Å². The highest BCUT2D eigenvalue weighted by molar-refractivity contribution is 6.36. The number of ether oxygens (including phenoxy) is 2. The van der Waals surface area contributed by atoms with Gasteiger partial charge in [0.25, 0.3) is 0 Å². The molecule has 4 N–H and O–H groups in total. The average Bonchev–Trinajstić information content (AvgIpc) is 3.35. The zero-order valence-corrected chi connectivity index (χ0v) is 39.8. The largest absolute Gasteiger partial charge is 0.573 e. The maximum Gasteiger partial charge on any atom is 0.573 e. The Balaban J connectivity index is 0.804. The number of carbonyl (C=O) groups excluding carboxylic acids is 2. The van der Waals surface area contributed by atoms with E-state index in [0.29, 0.717) is 90.1 Å². The van der Waals surface area contributed by atoms with Crippen LogP contribution in [0.2, 0.25) is 10.0 Å². The normalized spacial score (nSPS) is 14.6. The van der Waals surface area contributed by atoms with E-state index in [1.165, 1.54) is 24.8 Å². The monoisotopic (exact) mass is 999 g/mol. The maximum atomic E-state index is 13.3. The summed E-state index contributed by atoms with van der Waals surface area (Å²) in [6.45, 7) is 8.75. The number of piperidine rings is 1. The summed E-state index contributed by atoms with van der Waals surface area (Å²) < 4.78 is 47.7. The number of aromatic nitrogens is 6. The first-order valence-electron chi connectivity index (χ1n) is 22.6. The van der Waals surface area contributed by atoms with Crippen LogP contribution in [0.4, 0.5) is 59.7 Å². The number of hydrogen-bond acceptors (Lipinski definition) is 15. The lowest BCUT2D eigenvalue weighted by molar-refractivity contribution is -0.274. The molecule has 2 fully saturated rings. The van der Waals surface area contributed by atoms with Crippen LogP contribution in [-0.2, 0) is 27.5 Å². The summed E-state index contributed by atoms with van der Waals surface area (Å²) in [4.78, 5) is 59.5. The molecule has 2 aliphatic heterocycles. The third-order valence-corrected chi connectivity index (χ3v) is 12.5. The van der Waals surface area contributed by atoms with Crippen molar-refractivity contribution in [1.82, 2.24) is 34.8 Å². The highest BCUT2D eigenvalue weighted by Crippen LogP contribution is 2.36. The van der Waals surface area contributed by atoms with Crippen molar-refractivity contribution in [1.29, 1.82) is 0 Å². The molecule has 22 heteroatoms. The molecule has 2 amide bonds. The summed E-state index contributed by atoms with van der Waals surface area (Å²) >= 11 is 13.4. The van der Waals surface area contributed by atoms with Crippen LogP contribution in [-0.4, -0.2) is 98.4 Å². The number of hydrogen-bond donors (Lipinski definition) is 4. The number of amides is 2. The second kappa shape index (κ2) is 22.7. The SMILES string of the molecule is Cc1ccc(Nc2ncnc(N3CCC(OCc4ccccc4)CC3)n2)c(Cl)c1NC(=O)CCC(=O)Nc1c(Cl)ccc(Nc2ncnc(N3CCN(Cc4ccc(OC(F)(F)F)cc4)CC3)n2)c1C. The summed E-state index contributed by atoms with van der Waals surface area (Å²) in [7, 11) is 0. The third-order valence-electron chi connectivity index (χ3n) is 11.8. The minimum absolute atomic E-state index is 0.144. The van der Waals surface area contributed by atoms with Crippen LogP contribution in [0.15, 0.2) is 91.5 Å². The van der Waals surface area contributed by atoms with Gasteiger partial charge in [0.2, 0.25) is 35.6 Å². The van der Waals surface area contributed by atoms with E-state index in [1.807, 2.05) is 30.0 Å². The van der Waals surface area contributed by atoms with Crippen LogP contribution in [0, 0.1) is 13.8 Å². The van der Waals surface area contributed by atoms with E-state index in [2.05, 4.69) is 77.8 Å². The first-order chi connectivity index (χ1) is 33.7. The number of alkyl halides is 3. The van der Waals surface area contributed by atoms with Gasteiger partial charge in [0.1, 0.15) is 18.4 Å². The summed E-state index contributed by atoms with van der Waals surface area (Å²) in [5.74, 6) is 0.448. The van der Waals surface area contributed by atoms with Gasteiger partial charge in [0.05, 0.1) is 39.8 Å². The van der Waals surface area contributed by atoms with Crippen molar-refractivity contribution in [3.8, 4) is 5.75 Å². The molecule has 8 rings (SSSR count). The number of halogens is 5. The van der Waals surface area contributed by atoms with Crippen LogP contribution in [0.1, 0.15) is 47.9 Å². The molecule has 0 spiro atoms. The lowest BCUT2D eigenvalue weighted by Crippen LogP contribution is -2.46. The molecular formula is C48H50Cl2F3N13O4. The van der Waals surface area contributed by atoms with Crippen molar-refractivity contribution >= 4 is 81.6 Å². The second-order valence-corrected chi connectivity index (χ2v) is 17.5. The molecule has 0 bridgehead atoms. The number of nitrogens with zero attached hydrogens (tertiary/aromatic N) is 9. The highest BCUT2D eigenvalue weighted by Gasteiger charge is 2.31. The lowest BCUT2D eigenvalue weighted by Gasteiger charge is -2.34. The molecule has 366 valence electrons. The predicted molar refractivity (Wildman–Crippen MR) is 262 cm³/mol. The van der Waals surface area contributed by atoms with Gasteiger partial charge in [0, 0.05) is 64.3 Å². The zero-order chi connectivity index (χ0) is 49.2. The maximum absolute atomic E-state index is 13.3. The molecule has 0 atom stereocenters. The summed E-state index contributed by atoms with van der Waals surface area (Å²) in [5, 5.41) is 12.6. The van der Waals surface area contributed by atoms with Gasteiger partial charge in [-0.25, -0.2) is 19.9 Å². The van der Waals surface area contributed by atoms with Crippen LogP contribution in [0.3, 0.4) is 0 Å². The van der Waals surface area contributed by atoms with E-state index < -0.39 is 18.2 Å². The van der Waals surface area contributed by atoms with Gasteiger partial charge in [-0.1, -0.05) is 71.7 Å². The predicted octanol–water partition coefficient (Wildman–Crippen LogP) is 9.23. The van der Waals surface area contributed by atoms with Crippen LogP contribution in [0.25, 0.3) is 0 Å². The molecule has 4 aromatic carbocycles. The Morgan fingerprint density at radius 2 is 1.27 bits per heavy atom. The van der Waals surface area contributed by atoms with Gasteiger partial charge in [0.15, 0.2) is 0 Å². The fraction of sp³-hybridized carbons (Fsp3) is 0.333. The lowest BCUT2D eigenvalue weighted by atomic mass is 10.1. The molecular weight excluding hydrogens is 951 g/mol. The van der Waals surface area contributed by atoms with Crippen LogP contribution in [0.5, 0.6) is 5.75 Å². The zero-order valence-electron chi connectivity index (χ0n) is 38.3. The molecule has 70 heavy (non-hydrogen) atoms. The van der Waals surface area contributed by atoms with Gasteiger partial charge in [-0.05, 0) is 79.3 Å². The number of rotatable bonds is 17. The van der Waals surface area contributed by atoms with Crippen molar-refractivity contribution < 1.29 is 32.2 Å². The van der Waals surface area contributed by atoms with Gasteiger partial charge in [-0.3, -0.25) is 14.5 Å². The van der Waals surface area contributed by atoms with E-state index in [0.717, 1.165) is 37.1 Å². The topological polar surface area (TPSA) is 188 Å². The van der Waals surface area contributed by atoms with E-state index >= 15 is 0 Å². The van der Waals surface area contributed by atoms with Gasteiger partial charge >= 0.3 is 6.36 Å². The molecule has 17 nitrogen and oxygen atoms in total. The molecule has 2 aliphatic rings. The Morgan fingerprint density at radius 1 is 0.686 bits per heavy atom. The van der Waals surface area contributed by atoms with Gasteiger partial charge in [-0.2, -0.15) is 9.97 Å². The van der Waals surface area contributed by atoms with Gasteiger partial charge < -0.3 is 40.5 Å². The van der Waals surface area contributed by atoms with Crippen molar-refractivity contribution in [2.45, 2.75) is 65.1 Å². The smallest absolute Gasteiger partial charge is 0.406 e. The highest BCUT2D eigenvalue weighted by atomic mass is 35.5. The summed E-state index contributed by atoms with van der Waals surface area (Å²) in [6, 6.07) is 22.9. The first kappa shape index (κ1) is 49.5. The molecule has 2 aromatic heterocycles. The quantitative estimate of drug-likeness (QED) is 0.0677. The Kier molecular flexibility index (Phi) is 16.1. The molecule has 0 aliphatic carbocycles. The minimum Gasteiger partial charge on any atom is -0.406 e. The molecule has 0 saturated carbocycles. The van der Waals surface area contributed by atoms with E-state index in [-0.39, 0.29) is 41.6 Å². The number of carbonyl (C=O) groups is 2. The van der Waals surface area contributed by atoms with Crippen molar-refractivity contribution in [3.63, 3.8) is 0 Å². The van der Waals surface area contributed by atoms with Crippen LogP contribution >= 0.6 is 23.2 Å². The Bertz CT molecular complexity index is 2760. The van der Waals surface area contributed by atoms with Crippen LogP contribution < -0.4 is 35.8 Å². The average molecular weight is 1000 g/mol. The Morgan fingerprint density at radius 3 is 1.90 bits per heavy atom. The van der Waals surface area contributed by atoms with Crippen molar-refractivity contribution in [2.24, 2.45) is 0 Å². The standard InChI is InChI=1S/C48H50Cl2F3N13O4/c1-30-8-14-38(59-45-55-29-56-46(63-45)65-20-18-34(19-21-65)69-27-33-6-4-3-5-7-33)41(50)42(30)60-39(67)16-17-40(68)61-43-31(2)37(15-13-36(43)49)58-44-54-28-57-47(62-44)66-24-22-64(23-25-66)26-32-9-11-35(12-10-32)70-48(51,52)53/h3-15,28-29,34H,16-27H2,1-2H3,(H,60,67)(H,61,68)(H,54,57,58,62)(H,55,56,59,63). The number of piperazine rings is 1. The Labute approximate surface area is 412 Å². The van der Waals surface area contributed by atoms with Gasteiger partial charge in [-0.15, -0.1) is 13.2 Å². The fourth-order valence-electron chi connectivity index (χ4n) is 7.93. The van der Waals surface area contributed by atoms with E-state index in [9.17, 15) is 22.8 Å². The van der Waals surface area contributed by atoms with Crippen molar-refractivity contribution in [3.05, 3.63) is 124 Å². The third kappa shape index (κ3) is 13.5. The number of nitrogens with one attached hydrogen (secondary N) is 4. The number of benzene rings is 4. The molecule has 0 radical (unpaired) electrons. The minimum atomic E-state index is -4.74. The molecule has 0 unspecified atom stereocenters. The second-order valence-electron chi connectivity index (χ2n) is 16.7. The molecule has 4 heterocycles. The summed E-state index contributed by atoms with van der Waals surface area (Å²) in [5.41, 5.74) is 5.14.